The van der Waals surface area contributed by atoms with Crippen LogP contribution < -0.4 is 0 Å². The molecule has 0 aromatic carbocycles. The van der Waals surface area contributed by atoms with Crippen molar-refractivity contribution < 1.29 is 14.6 Å². The van der Waals surface area contributed by atoms with Gasteiger partial charge in [0.1, 0.15) is 0 Å². The van der Waals surface area contributed by atoms with E-state index in [1.807, 2.05) is 6.92 Å². The third kappa shape index (κ3) is 3.27. The van der Waals surface area contributed by atoms with Crippen LogP contribution in [0.1, 0.15) is 19.8 Å². The minimum Gasteiger partial charge on any atom is -0.466 e. The van der Waals surface area contributed by atoms with Crippen molar-refractivity contribution in [1.82, 2.24) is 4.90 Å². The van der Waals surface area contributed by atoms with Gasteiger partial charge < -0.3 is 14.7 Å². The highest BCUT2D eigenvalue weighted by molar-refractivity contribution is 5.72. The summed E-state index contributed by atoms with van der Waals surface area (Å²) in [5.74, 6) is 0.0149. The Morgan fingerprint density at radius 2 is 2.14 bits per heavy atom. The maximum Gasteiger partial charge on any atom is 0.309 e. The maximum absolute atomic E-state index is 11.4. The lowest BCUT2D eigenvalue weighted by atomic mass is 9.97. The van der Waals surface area contributed by atoms with Crippen molar-refractivity contribution in [2.24, 2.45) is 5.92 Å². The molecule has 1 aliphatic heterocycles. The number of hydrogen-bond acceptors (Lipinski definition) is 4. The molecule has 1 fully saturated rings. The number of β-amino-alcohol motifs (C(OH)–C–C–N with tert-alkyl or cyclic N) is 1. The van der Waals surface area contributed by atoms with E-state index in [1.54, 1.807) is 0 Å². The van der Waals surface area contributed by atoms with Gasteiger partial charge in [-0.3, -0.25) is 4.79 Å². The lowest BCUT2D eigenvalue weighted by Crippen LogP contribution is -2.38. The van der Waals surface area contributed by atoms with Crippen molar-refractivity contribution in [3.63, 3.8) is 0 Å². The van der Waals surface area contributed by atoms with Crippen LogP contribution in [-0.4, -0.2) is 48.8 Å². The normalized spacial score (nSPS) is 19.6. The minimum atomic E-state index is -0.0591. The fraction of sp³-hybridized carbons (Fsp3) is 0.900. The Balaban J connectivity index is 2.24. The molecule has 1 aliphatic rings. The second kappa shape index (κ2) is 5.98. The molecular weight excluding hydrogens is 182 g/mol. The number of ether oxygens (including phenoxy) is 1. The lowest BCUT2D eigenvalue weighted by molar-refractivity contribution is -0.149. The second-order valence-electron chi connectivity index (χ2n) is 3.59. The molecule has 14 heavy (non-hydrogen) atoms. The highest BCUT2D eigenvalue weighted by Crippen LogP contribution is 2.18. The van der Waals surface area contributed by atoms with Gasteiger partial charge in [-0.25, -0.2) is 0 Å². The first kappa shape index (κ1) is 11.5. The maximum atomic E-state index is 11.4. The summed E-state index contributed by atoms with van der Waals surface area (Å²) in [6.07, 6.45) is 1.72. The average molecular weight is 201 g/mol. The zero-order valence-electron chi connectivity index (χ0n) is 8.74. The fourth-order valence-corrected chi connectivity index (χ4v) is 1.79. The molecule has 0 radical (unpaired) electrons. The molecule has 0 bridgehead atoms. The molecule has 1 rings (SSSR count). The first-order valence-corrected chi connectivity index (χ1v) is 5.27. The number of carbonyl (C=O) groups is 1. The molecule has 0 saturated carbocycles. The standard InChI is InChI=1S/C10H19NO3/c1-2-14-10(13)9-3-5-11(6-4-9)7-8-12/h9,12H,2-8H2,1H3. The third-order valence-corrected chi connectivity index (χ3v) is 2.62. The number of hydrogen-bond donors (Lipinski definition) is 1. The topological polar surface area (TPSA) is 49.8 Å². The zero-order valence-corrected chi connectivity index (χ0v) is 8.74. The average Bonchev–Trinajstić information content (AvgIpc) is 2.20. The smallest absolute Gasteiger partial charge is 0.309 e. The molecule has 1 saturated heterocycles. The van der Waals surface area contributed by atoms with Crippen LogP contribution in [0.5, 0.6) is 0 Å². The fourth-order valence-electron chi connectivity index (χ4n) is 1.79. The second-order valence-corrected chi connectivity index (χ2v) is 3.59. The van der Waals surface area contributed by atoms with Gasteiger partial charge in [0.2, 0.25) is 0 Å². The van der Waals surface area contributed by atoms with E-state index in [9.17, 15) is 4.79 Å². The van der Waals surface area contributed by atoms with E-state index in [2.05, 4.69) is 4.90 Å². The van der Waals surface area contributed by atoms with Crippen LogP contribution in [0.15, 0.2) is 0 Å². The lowest BCUT2D eigenvalue weighted by Gasteiger charge is -2.30. The summed E-state index contributed by atoms with van der Waals surface area (Å²) < 4.78 is 4.97. The van der Waals surface area contributed by atoms with Gasteiger partial charge in [-0.1, -0.05) is 0 Å². The molecule has 0 spiro atoms. The number of nitrogens with zero attached hydrogens (tertiary/aromatic N) is 1. The van der Waals surface area contributed by atoms with Gasteiger partial charge in [-0.15, -0.1) is 0 Å². The predicted octanol–water partition coefficient (Wildman–Crippen LogP) is 0.254. The Labute approximate surface area is 84.8 Å². The van der Waals surface area contributed by atoms with E-state index in [0.717, 1.165) is 32.5 Å². The molecule has 4 nitrogen and oxygen atoms in total. The highest BCUT2D eigenvalue weighted by atomic mass is 16.5. The van der Waals surface area contributed by atoms with Crippen molar-refractivity contribution in [2.75, 3.05) is 32.8 Å². The zero-order chi connectivity index (χ0) is 10.4. The molecule has 1 heterocycles. The van der Waals surface area contributed by atoms with Gasteiger partial charge >= 0.3 is 5.97 Å². The molecule has 0 amide bonds. The number of likely N-dealkylation sites (tertiary alicyclic amines) is 1. The Morgan fingerprint density at radius 3 is 2.64 bits per heavy atom. The number of rotatable bonds is 4. The van der Waals surface area contributed by atoms with E-state index in [0.29, 0.717) is 6.61 Å². The minimum absolute atomic E-state index is 0.0591. The van der Waals surface area contributed by atoms with Gasteiger partial charge in [0.05, 0.1) is 19.1 Å². The summed E-state index contributed by atoms with van der Waals surface area (Å²) in [4.78, 5) is 13.5. The summed E-state index contributed by atoms with van der Waals surface area (Å²) in [5.41, 5.74) is 0. The van der Waals surface area contributed by atoms with Gasteiger partial charge in [0, 0.05) is 6.54 Å². The Morgan fingerprint density at radius 1 is 1.50 bits per heavy atom. The Bertz CT molecular complexity index is 176. The van der Waals surface area contributed by atoms with Crippen LogP contribution in [0.2, 0.25) is 0 Å². The monoisotopic (exact) mass is 201 g/mol. The number of esters is 1. The van der Waals surface area contributed by atoms with Crippen LogP contribution in [0.25, 0.3) is 0 Å². The van der Waals surface area contributed by atoms with Gasteiger partial charge in [-0.2, -0.15) is 0 Å². The molecule has 1 N–H and O–H groups in total. The molecule has 0 atom stereocenters. The van der Waals surface area contributed by atoms with E-state index in [4.69, 9.17) is 9.84 Å². The predicted molar refractivity (Wildman–Crippen MR) is 52.9 cm³/mol. The summed E-state index contributed by atoms with van der Waals surface area (Å²) in [6.45, 7) is 5.00. The van der Waals surface area contributed by atoms with Crippen LogP contribution >= 0.6 is 0 Å². The molecule has 0 aliphatic carbocycles. The SMILES string of the molecule is CCOC(=O)C1CCN(CCO)CC1. The van der Waals surface area contributed by atoms with Crippen LogP contribution in [-0.2, 0) is 9.53 Å². The Kier molecular flexibility index (Phi) is 4.90. The Hall–Kier alpha value is -0.610. The van der Waals surface area contributed by atoms with Crippen molar-refractivity contribution in [1.29, 1.82) is 0 Å². The van der Waals surface area contributed by atoms with Crippen molar-refractivity contribution >= 4 is 5.97 Å². The molecule has 82 valence electrons. The summed E-state index contributed by atoms with van der Waals surface area (Å²) >= 11 is 0. The van der Waals surface area contributed by atoms with Crippen molar-refractivity contribution in [3.8, 4) is 0 Å². The highest BCUT2D eigenvalue weighted by Gasteiger charge is 2.25. The number of aliphatic hydroxyl groups is 1. The van der Waals surface area contributed by atoms with Gasteiger partial charge in [-0.05, 0) is 32.9 Å². The third-order valence-electron chi connectivity index (χ3n) is 2.62. The van der Waals surface area contributed by atoms with E-state index < -0.39 is 0 Å². The van der Waals surface area contributed by atoms with E-state index >= 15 is 0 Å². The van der Waals surface area contributed by atoms with Crippen LogP contribution in [0.4, 0.5) is 0 Å². The van der Waals surface area contributed by atoms with Gasteiger partial charge in [0.15, 0.2) is 0 Å². The van der Waals surface area contributed by atoms with E-state index in [1.165, 1.54) is 0 Å². The van der Waals surface area contributed by atoms with Crippen LogP contribution in [0, 0.1) is 5.92 Å². The van der Waals surface area contributed by atoms with Crippen LogP contribution in [0.3, 0.4) is 0 Å². The van der Waals surface area contributed by atoms with E-state index in [-0.39, 0.29) is 18.5 Å². The first-order chi connectivity index (χ1) is 6.77. The summed E-state index contributed by atoms with van der Waals surface area (Å²) in [6, 6.07) is 0. The molecule has 0 aromatic rings. The van der Waals surface area contributed by atoms with Crippen molar-refractivity contribution in [3.05, 3.63) is 0 Å². The summed E-state index contributed by atoms with van der Waals surface area (Å²) in [7, 11) is 0. The van der Waals surface area contributed by atoms with Crippen molar-refractivity contribution in [2.45, 2.75) is 19.8 Å². The summed E-state index contributed by atoms with van der Waals surface area (Å²) in [5, 5.41) is 8.74. The first-order valence-electron chi connectivity index (χ1n) is 5.27. The molecule has 4 heteroatoms. The van der Waals surface area contributed by atoms with Gasteiger partial charge in [0.25, 0.3) is 0 Å². The number of aliphatic hydroxyl groups excluding tert-OH is 1. The largest absolute Gasteiger partial charge is 0.466 e. The number of piperidine rings is 1. The number of carbonyl (C=O) groups excluding carboxylic acids is 1. The molecule has 0 aromatic heterocycles. The molecule has 0 unspecified atom stereocenters. The quantitative estimate of drug-likeness (QED) is 0.663. The molecular formula is C10H19NO3.